The normalized spacial score (nSPS) is 17.3. The average Bonchev–Trinajstić information content (AvgIpc) is 3.13. The second-order valence-corrected chi connectivity index (χ2v) is 7.09. The first-order valence-corrected chi connectivity index (χ1v) is 9.55. The summed E-state index contributed by atoms with van der Waals surface area (Å²) in [6.07, 6.45) is 5.37. The van der Waals surface area contributed by atoms with Crippen LogP contribution in [0, 0.1) is 5.92 Å². The van der Waals surface area contributed by atoms with Gasteiger partial charge in [-0.05, 0) is 38.0 Å². The Morgan fingerprint density at radius 2 is 2.15 bits per heavy atom. The van der Waals surface area contributed by atoms with Crippen molar-refractivity contribution in [1.82, 2.24) is 14.6 Å². The fourth-order valence-electron chi connectivity index (χ4n) is 3.54. The van der Waals surface area contributed by atoms with Gasteiger partial charge in [0.1, 0.15) is 5.52 Å². The van der Waals surface area contributed by atoms with Crippen LogP contribution in [0.2, 0.25) is 5.02 Å². The van der Waals surface area contributed by atoms with E-state index in [0.717, 1.165) is 42.0 Å². The highest BCUT2D eigenvalue weighted by Crippen LogP contribution is 2.29. The lowest BCUT2D eigenvalue weighted by atomic mass is 9.98. The van der Waals surface area contributed by atoms with Gasteiger partial charge in [0.15, 0.2) is 5.82 Å². The fourth-order valence-corrected chi connectivity index (χ4v) is 3.66. The first kappa shape index (κ1) is 17.8. The number of esters is 1. The van der Waals surface area contributed by atoms with Crippen molar-refractivity contribution < 1.29 is 9.53 Å². The van der Waals surface area contributed by atoms with Crippen LogP contribution in [0.5, 0.6) is 0 Å². The Labute approximate surface area is 162 Å². The molecule has 7 heteroatoms. The summed E-state index contributed by atoms with van der Waals surface area (Å²) in [5, 5.41) is 5.36. The van der Waals surface area contributed by atoms with E-state index in [1.165, 1.54) is 0 Å². The minimum Gasteiger partial charge on any atom is -0.466 e. The van der Waals surface area contributed by atoms with Crippen molar-refractivity contribution in [2.75, 3.05) is 24.6 Å². The number of piperidine rings is 1. The molecule has 0 spiro atoms. The summed E-state index contributed by atoms with van der Waals surface area (Å²) in [5.41, 5.74) is 2.78. The molecule has 4 rings (SSSR count). The summed E-state index contributed by atoms with van der Waals surface area (Å²) in [5.74, 6) is 0.614. The van der Waals surface area contributed by atoms with Crippen LogP contribution in [0.4, 0.5) is 5.82 Å². The number of rotatable bonds is 4. The lowest BCUT2D eigenvalue weighted by Crippen LogP contribution is -2.40. The highest BCUT2D eigenvalue weighted by molar-refractivity contribution is 6.30. The first-order valence-electron chi connectivity index (χ1n) is 9.17. The zero-order chi connectivity index (χ0) is 18.8. The summed E-state index contributed by atoms with van der Waals surface area (Å²) in [6, 6.07) is 9.65. The molecule has 2 aromatic heterocycles. The molecule has 0 amide bonds. The van der Waals surface area contributed by atoms with Gasteiger partial charge < -0.3 is 9.64 Å². The second-order valence-electron chi connectivity index (χ2n) is 6.65. The maximum atomic E-state index is 12.2. The van der Waals surface area contributed by atoms with Gasteiger partial charge in [-0.2, -0.15) is 5.10 Å². The van der Waals surface area contributed by atoms with E-state index in [1.807, 2.05) is 48.0 Å². The molecule has 3 aromatic rings. The van der Waals surface area contributed by atoms with Crippen LogP contribution in [-0.4, -0.2) is 40.3 Å². The Kier molecular flexibility index (Phi) is 4.99. The van der Waals surface area contributed by atoms with Crippen LogP contribution in [0.1, 0.15) is 19.8 Å². The van der Waals surface area contributed by atoms with Crippen LogP contribution in [0.3, 0.4) is 0 Å². The lowest BCUT2D eigenvalue weighted by molar-refractivity contribution is -0.148. The van der Waals surface area contributed by atoms with Crippen molar-refractivity contribution in [2.24, 2.45) is 5.92 Å². The molecule has 1 aromatic carbocycles. The summed E-state index contributed by atoms with van der Waals surface area (Å²) in [7, 11) is 0. The number of ether oxygens (including phenoxy) is 1. The summed E-state index contributed by atoms with van der Waals surface area (Å²) in [4.78, 5) is 18.9. The largest absolute Gasteiger partial charge is 0.466 e. The van der Waals surface area contributed by atoms with E-state index in [4.69, 9.17) is 16.3 Å². The van der Waals surface area contributed by atoms with Crippen LogP contribution >= 0.6 is 11.6 Å². The average molecular weight is 385 g/mol. The van der Waals surface area contributed by atoms with E-state index in [2.05, 4.69) is 15.0 Å². The summed E-state index contributed by atoms with van der Waals surface area (Å²) >= 11 is 5.99. The third kappa shape index (κ3) is 3.62. The molecule has 1 saturated heterocycles. The van der Waals surface area contributed by atoms with Gasteiger partial charge in [-0.1, -0.05) is 23.7 Å². The molecule has 0 unspecified atom stereocenters. The van der Waals surface area contributed by atoms with E-state index in [-0.39, 0.29) is 11.9 Å². The first-order chi connectivity index (χ1) is 13.2. The van der Waals surface area contributed by atoms with E-state index < -0.39 is 0 Å². The molecule has 27 heavy (non-hydrogen) atoms. The Balaban J connectivity index is 1.65. The van der Waals surface area contributed by atoms with Crippen LogP contribution < -0.4 is 4.90 Å². The predicted octanol–water partition coefficient (Wildman–Crippen LogP) is 3.83. The highest BCUT2D eigenvalue weighted by atomic mass is 35.5. The number of nitrogens with zero attached hydrogens (tertiary/aromatic N) is 4. The third-order valence-electron chi connectivity index (χ3n) is 4.85. The number of aromatic nitrogens is 3. The Hall–Kier alpha value is -2.60. The molecule has 140 valence electrons. The van der Waals surface area contributed by atoms with Gasteiger partial charge in [0.2, 0.25) is 0 Å². The monoisotopic (exact) mass is 384 g/mol. The standard InChI is InChI=1S/C20H21ClN4O2/c1-2-27-20(26)15-4-3-10-24(13-15)19-18-12-17(23-25(18)11-9-22-19)14-5-7-16(21)8-6-14/h5-9,11-12,15H,2-4,10,13H2,1H3/t15-/m1/s1. The minimum atomic E-state index is -0.121. The highest BCUT2D eigenvalue weighted by Gasteiger charge is 2.28. The molecule has 0 aliphatic carbocycles. The summed E-state index contributed by atoms with van der Waals surface area (Å²) < 4.78 is 7.04. The number of anilines is 1. The molecular formula is C20H21ClN4O2. The number of benzene rings is 1. The lowest BCUT2D eigenvalue weighted by Gasteiger charge is -2.32. The van der Waals surface area contributed by atoms with Crippen LogP contribution in [0.25, 0.3) is 16.8 Å². The molecular weight excluding hydrogens is 364 g/mol. The molecule has 0 radical (unpaired) electrons. The molecule has 0 bridgehead atoms. The molecule has 1 aliphatic rings. The quantitative estimate of drug-likeness (QED) is 0.640. The SMILES string of the molecule is CCOC(=O)[C@@H]1CCCN(c2nccn3nc(-c4ccc(Cl)cc4)cc23)C1. The van der Waals surface area contributed by atoms with Crippen molar-refractivity contribution in [3.8, 4) is 11.3 Å². The Morgan fingerprint density at radius 1 is 1.33 bits per heavy atom. The van der Waals surface area contributed by atoms with Gasteiger partial charge in [-0.25, -0.2) is 9.50 Å². The molecule has 1 fully saturated rings. The van der Waals surface area contributed by atoms with Crippen LogP contribution in [-0.2, 0) is 9.53 Å². The third-order valence-corrected chi connectivity index (χ3v) is 5.10. The maximum absolute atomic E-state index is 12.2. The fraction of sp³-hybridized carbons (Fsp3) is 0.350. The Bertz CT molecular complexity index is 954. The molecule has 6 nitrogen and oxygen atoms in total. The number of fused-ring (bicyclic) bond motifs is 1. The van der Waals surface area contributed by atoms with Crippen molar-refractivity contribution in [3.63, 3.8) is 0 Å². The molecule has 0 N–H and O–H groups in total. The van der Waals surface area contributed by atoms with E-state index in [1.54, 1.807) is 6.20 Å². The minimum absolute atomic E-state index is 0.112. The zero-order valence-corrected chi connectivity index (χ0v) is 15.9. The number of halogens is 1. The van der Waals surface area contributed by atoms with Gasteiger partial charge in [-0.3, -0.25) is 4.79 Å². The summed E-state index contributed by atoms with van der Waals surface area (Å²) in [6.45, 7) is 3.73. The number of hydrogen-bond acceptors (Lipinski definition) is 5. The topological polar surface area (TPSA) is 59.7 Å². The van der Waals surface area contributed by atoms with Gasteiger partial charge >= 0.3 is 5.97 Å². The van der Waals surface area contributed by atoms with Gasteiger partial charge in [0.25, 0.3) is 0 Å². The molecule has 0 saturated carbocycles. The van der Waals surface area contributed by atoms with E-state index in [0.29, 0.717) is 18.2 Å². The molecule has 3 heterocycles. The zero-order valence-electron chi connectivity index (χ0n) is 15.1. The van der Waals surface area contributed by atoms with Gasteiger partial charge in [0, 0.05) is 36.1 Å². The number of carbonyl (C=O) groups excluding carboxylic acids is 1. The smallest absolute Gasteiger partial charge is 0.310 e. The van der Waals surface area contributed by atoms with Gasteiger partial charge in [-0.15, -0.1) is 0 Å². The van der Waals surface area contributed by atoms with Crippen molar-refractivity contribution in [2.45, 2.75) is 19.8 Å². The molecule has 1 atom stereocenters. The van der Waals surface area contributed by atoms with E-state index in [9.17, 15) is 4.79 Å². The van der Waals surface area contributed by atoms with Crippen molar-refractivity contribution in [1.29, 1.82) is 0 Å². The Morgan fingerprint density at radius 3 is 2.93 bits per heavy atom. The predicted molar refractivity (Wildman–Crippen MR) is 105 cm³/mol. The molecule has 1 aliphatic heterocycles. The maximum Gasteiger partial charge on any atom is 0.310 e. The van der Waals surface area contributed by atoms with Crippen LogP contribution in [0.15, 0.2) is 42.7 Å². The van der Waals surface area contributed by atoms with Gasteiger partial charge in [0.05, 0.1) is 18.2 Å². The second kappa shape index (κ2) is 7.56. The van der Waals surface area contributed by atoms with E-state index >= 15 is 0 Å². The van der Waals surface area contributed by atoms with Crippen molar-refractivity contribution >= 4 is 28.9 Å². The van der Waals surface area contributed by atoms with Crippen molar-refractivity contribution in [3.05, 3.63) is 47.7 Å². The number of carbonyl (C=O) groups is 1. The number of hydrogen-bond donors (Lipinski definition) is 0.